The molecule has 4 aromatic rings. The van der Waals surface area contributed by atoms with E-state index < -0.39 is 82.3 Å². The molecule has 13 heteroatoms. The molecular weight excluding hydrogens is 844 g/mol. The summed E-state index contributed by atoms with van der Waals surface area (Å²) in [5.74, 6) is -4.66. The van der Waals surface area contributed by atoms with E-state index in [9.17, 15) is 29.1 Å². The van der Waals surface area contributed by atoms with Crippen molar-refractivity contribution < 1.29 is 52.4 Å². The van der Waals surface area contributed by atoms with Crippen LogP contribution in [0.4, 0.5) is 10.1 Å². The molecule has 4 fully saturated rings. The van der Waals surface area contributed by atoms with Crippen LogP contribution in [0.5, 0.6) is 0 Å². The van der Waals surface area contributed by atoms with Gasteiger partial charge in [-0.3, -0.25) is 19.3 Å². The minimum atomic E-state index is -2.11. The van der Waals surface area contributed by atoms with Gasteiger partial charge in [0.25, 0.3) is 0 Å². The average Bonchev–Trinajstić information content (AvgIpc) is 3.70. The molecule has 0 spiro atoms. The normalized spacial score (nSPS) is 30.9. The Hall–Kier alpha value is -5.86. The summed E-state index contributed by atoms with van der Waals surface area (Å²) in [6.07, 6.45) is 3.17. The molecule has 1 unspecified atom stereocenters. The summed E-state index contributed by atoms with van der Waals surface area (Å²) in [5.41, 5.74) is -2.94. The van der Waals surface area contributed by atoms with Crippen molar-refractivity contribution in [2.45, 2.75) is 95.3 Å². The van der Waals surface area contributed by atoms with Gasteiger partial charge in [0.2, 0.25) is 11.7 Å². The minimum absolute atomic E-state index is 0.0361. The Kier molecular flexibility index (Phi) is 11.3. The molecule has 1 heterocycles. The Morgan fingerprint density at radius 3 is 2.23 bits per heavy atom. The first-order chi connectivity index (χ1) is 31.3. The number of allylic oxidation sites excluding steroid dienone is 4. The van der Waals surface area contributed by atoms with Gasteiger partial charge in [0.1, 0.15) is 12.6 Å². The number of hydrogen-bond acceptors (Lipinski definition) is 11. The number of esters is 2. The number of halogens is 1. The lowest BCUT2D eigenvalue weighted by atomic mass is 9.44. The van der Waals surface area contributed by atoms with E-state index in [0.29, 0.717) is 36.1 Å². The fourth-order valence-corrected chi connectivity index (χ4v) is 12.1. The number of nitrogens with zero attached hydrogens (tertiary/aromatic N) is 1. The van der Waals surface area contributed by atoms with E-state index in [1.807, 2.05) is 80.5 Å². The third kappa shape index (κ3) is 7.31. The molecule has 2 N–H and O–H groups in total. The zero-order chi connectivity index (χ0) is 47.0. The molecule has 3 saturated carbocycles. The number of anilines is 1. The van der Waals surface area contributed by atoms with Crippen molar-refractivity contribution in [3.63, 3.8) is 0 Å². The topological polar surface area (TPSA) is 158 Å². The maximum atomic E-state index is 17.8. The van der Waals surface area contributed by atoms with Crippen LogP contribution in [0.15, 0.2) is 115 Å². The molecule has 4 aliphatic carbocycles. The zero-order valence-corrected chi connectivity index (χ0v) is 38.0. The van der Waals surface area contributed by atoms with Gasteiger partial charge < -0.3 is 29.4 Å². The lowest BCUT2D eigenvalue weighted by Gasteiger charge is -2.62. The van der Waals surface area contributed by atoms with Gasteiger partial charge in [-0.05, 0) is 137 Å². The number of aliphatic hydroxyl groups is 1. The highest BCUT2D eigenvalue weighted by atomic mass is 19.1. The molecule has 0 aromatic heterocycles. The molecule has 12 nitrogen and oxygen atoms in total. The van der Waals surface area contributed by atoms with Crippen LogP contribution < -0.4 is 5.32 Å². The Bertz CT molecular complexity index is 2700. The summed E-state index contributed by atoms with van der Waals surface area (Å²) >= 11 is 0. The second-order valence-electron chi connectivity index (χ2n) is 19.7. The van der Waals surface area contributed by atoms with Crippen LogP contribution in [0, 0.1) is 22.7 Å². The number of carbonyl (C=O) groups is 5. The lowest BCUT2D eigenvalue weighted by molar-refractivity contribution is -0.246. The van der Waals surface area contributed by atoms with E-state index in [4.69, 9.17) is 18.9 Å². The zero-order valence-electron chi connectivity index (χ0n) is 38.0. The maximum absolute atomic E-state index is 17.8. The molecule has 1 amide bonds. The van der Waals surface area contributed by atoms with Crippen LogP contribution in [0.3, 0.4) is 0 Å². The summed E-state index contributed by atoms with van der Waals surface area (Å²) in [6.45, 7) is 6.29. The van der Waals surface area contributed by atoms with Gasteiger partial charge in [-0.2, -0.15) is 0 Å². The number of fused-ring (bicyclic) bond motifs is 8. The molecule has 4 aromatic carbocycles. The summed E-state index contributed by atoms with van der Waals surface area (Å²) in [4.78, 5) is 68.6. The number of hydrogen-bond donors (Lipinski definition) is 2. The number of likely N-dealkylation sites (N-methyl/N-ethyl adjacent to an activating group) is 1. The van der Waals surface area contributed by atoms with Crippen molar-refractivity contribution in [2.24, 2.45) is 22.7 Å². The van der Waals surface area contributed by atoms with Crippen LogP contribution in [0.2, 0.25) is 0 Å². The van der Waals surface area contributed by atoms with E-state index in [1.54, 1.807) is 39.0 Å². The van der Waals surface area contributed by atoms with E-state index in [-0.39, 0.29) is 35.8 Å². The van der Waals surface area contributed by atoms with E-state index in [0.717, 1.165) is 16.3 Å². The highest BCUT2D eigenvalue weighted by Gasteiger charge is 2.80. The molecule has 5 aliphatic rings. The minimum Gasteiger partial charge on any atom is -0.457 e. The van der Waals surface area contributed by atoms with Crippen molar-refractivity contribution in [1.29, 1.82) is 0 Å². The van der Waals surface area contributed by atoms with Crippen molar-refractivity contribution in [1.82, 2.24) is 4.90 Å². The molecule has 9 rings (SSSR count). The van der Waals surface area contributed by atoms with Gasteiger partial charge in [-0.15, -0.1) is 0 Å². The molecule has 1 saturated heterocycles. The number of rotatable bonds is 11. The largest absolute Gasteiger partial charge is 0.457 e. The Morgan fingerprint density at radius 2 is 1.55 bits per heavy atom. The molecule has 9 atom stereocenters. The average molecular weight is 899 g/mol. The van der Waals surface area contributed by atoms with E-state index in [2.05, 4.69) is 5.32 Å². The number of Topliss-reactive ketones (excluding diaryl/α,β-unsaturated/α-hetero) is 1. The smallest absolute Gasteiger partial charge is 0.338 e. The summed E-state index contributed by atoms with van der Waals surface area (Å²) in [6, 6.07) is 26.1. The number of ketones is 2. The second-order valence-corrected chi connectivity index (χ2v) is 19.7. The number of aliphatic hydroxyl groups excluding tert-OH is 1. The fourth-order valence-electron chi connectivity index (χ4n) is 12.1. The van der Waals surface area contributed by atoms with Crippen LogP contribution in [0.25, 0.3) is 10.8 Å². The van der Waals surface area contributed by atoms with Crippen molar-refractivity contribution in [3.05, 3.63) is 137 Å². The summed E-state index contributed by atoms with van der Waals surface area (Å²) in [7, 11) is 3.66. The standard InChI is InChI=1S/C53H55FN2O10/c1-49(2)65-44-27-41-40-22-20-37-26-39(57)23-24-50(37,3)52(40,54)42(58)28-51(41,4)53(44,66-49)43(59)30-64-48(62)35-17-15-34(16-18-35)47(61)63-29-31-11-13-33(14-12-31)45(56(5)6)46(60)55-38-21-19-32-9-7-8-10-36(32)25-38/h7-19,21,23-26,40-42,44-45,58H,20,22,27-30H2,1-6H3,(H,55,60)/t40-,41-,42-,44+,45?,50-,51-,52-,53+/m0/s1. The molecule has 0 radical (unpaired) electrons. The highest BCUT2D eigenvalue weighted by Crippen LogP contribution is 2.72. The molecule has 0 bridgehead atoms. The maximum Gasteiger partial charge on any atom is 0.338 e. The first-order valence-electron chi connectivity index (χ1n) is 22.5. The third-order valence-electron chi connectivity index (χ3n) is 15.2. The summed E-state index contributed by atoms with van der Waals surface area (Å²) in [5, 5.41) is 17.0. The second kappa shape index (κ2) is 16.5. The van der Waals surface area contributed by atoms with Gasteiger partial charge in [0, 0.05) is 22.4 Å². The number of nitrogens with one attached hydrogen (secondary N) is 1. The Morgan fingerprint density at radius 1 is 0.879 bits per heavy atom. The third-order valence-corrected chi connectivity index (χ3v) is 15.2. The van der Waals surface area contributed by atoms with E-state index in [1.165, 1.54) is 36.4 Å². The van der Waals surface area contributed by atoms with Crippen molar-refractivity contribution >= 4 is 45.9 Å². The van der Waals surface area contributed by atoms with Gasteiger partial charge in [-0.1, -0.05) is 73.2 Å². The van der Waals surface area contributed by atoms with Crippen molar-refractivity contribution in [3.8, 4) is 0 Å². The predicted octanol–water partition coefficient (Wildman–Crippen LogP) is 8.04. The van der Waals surface area contributed by atoms with Gasteiger partial charge in [-0.25, -0.2) is 14.0 Å². The monoisotopic (exact) mass is 898 g/mol. The van der Waals surface area contributed by atoms with Crippen LogP contribution in [-0.4, -0.2) is 89.4 Å². The molecule has 66 heavy (non-hydrogen) atoms. The van der Waals surface area contributed by atoms with Gasteiger partial charge >= 0.3 is 11.9 Å². The number of ether oxygens (including phenoxy) is 4. The number of amides is 1. The SMILES string of the molecule is CN(C)C(C(=O)Nc1ccc2ccccc2c1)c1ccc(COC(=O)c2ccc(C(=O)OCC(=O)[C@@]34OC(C)(C)O[C@@H]3C[C@H]3[C@@H]5CCC6=CC(=O)C=C[C@]6(C)[C@@]5(F)[C@@H](O)C[C@@]34C)cc2)cc1. The molecule has 344 valence electrons. The van der Waals surface area contributed by atoms with E-state index >= 15 is 4.39 Å². The molecule has 1 aliphatic heterocycles. The first kappa shape index (κ1) is 45.3. The lowest BCUT2D eigenvalue weighted by Crippen LogP contribution is -2.70. The highest BCUT2D eigenvalue weighted by molar-refractivity contribution is 6.01. The quantitative estimate of drug-likeness (QED) is 0.141. The number of carbonyl (C=O) groups excluding carboxylic acids is 5. The summed E-state index contributed by atoms with van der Waals surface area (Å²) < 4.78 is 41.9. The van der Waals surface area contributed by atoms with Crippen LogP contribution in [0.1, 0.15) is 91.3 Å². The number of alkyl halides is 1. The Labute approximate surface area is 383 Å². The fraction of sp³-hybridized carbons (Fsp3) is 0.415. The van der Waals surface area contributed by atoms with Crippen LogP contribution in [-0.2, 0) is 39.9 Å². The van der Waals surface area contributed by atoms with Crippen molar-refractivity contribution in [2.75, 3.05) is 26.0 Å². The predicted molar refractivity (Wildman–Crippen MR) is 243 cm³/mol. The van der Waals surface area contributed by atoms with Crippen LogP contribution >= 0.6 is 0 Å². The number of benzene rings is 4. The Balaban J connectivity index is 0.822. The first-order valence-corrected chi connectivity index (χ1v) is 22.5. The van der Waals surface area contributed by atoms with Gasteiger partial charge in [0.05, 0.1) is 23.3 Å². The molecular formula is C53H55FN2O10. The van der Waals surface area contributed by atoms with Gasteiger partial charge in [0.15, 0.2) is 29.4 Å².